The fraction of sp³-hybridized carbons (Fsp3) is 0.412. The highest BCUT2D eigenvalue weighted by Gasteiger charge is 2.31. The van der Waals surface area contributed by atoms with Gasteiger partial charge in [-0.05, 0) is 36.6 Å². The van der Waals surface area contributed by atoms with Crippen LogP contribution in [0.5, 0.6) is 5.75 Å². The summed E-state index contributed by atoms with van der Waals surface area (Å²) in [7, 11) is 0. The van der Waals surface area contributed by atoms with E-state index in [1.54, 1.807) is 12.1 Å². The minimum absolute atomic E-state index is 0.0294. The summed E-state index contributed by atoms with van der Waals surface area (Å²) < 4.78 is 41.3. The number of nitrogens with one attached hydrogen (secondary N) is 1. The number of benzene rings is 1. The third-order valence-corrected chi connectivity index (χ3v) is 4.07. The predicted octanol–water partition coefficient (Wildman–Crippen LogP) is 2.73. The first-order valence-electron chi connectivity index (χ1n) is 8.16. The molecule has 0 spiro atoms. The fourth-order valence-electron chi connectivity index (χ4n) is 2.82. The molecule has 1 atom stereocenters. The number of ether oxygens (including phenoxy) is 1. The first kappa shape index (κ1) is 18.2. The SMILES string of the molecule is C[C@@H](CO)Nc1cc(N2CCc3ccc(OC(F)(F)F)cc3C2)ncn1. The maximum atomic E-state index is 12.4. The summed E-state index contributed by atoms with van der Waals surface area (Å²) in [5.41, 5.74) is 1.77. The van der Waals surface area contributed by atoms with Gasteiger partial charge in [-0.25, -0.2) is 9.97 Å². The van der Waals surface area contributed by atoms with Crippen LogP contribution in [0.1, 0.15) is 18.1 Å². The van der Waals surface area contributed by atoms with Crippen LogP contribution >= 0.6 is 0 Å². The minimum atomic E-state index is -4.71. The number of aromatic nitrogens is 2. The van der Waals surface area contributed by atoms with Gasteiger partial charge in [-0.2, -0.15) is 0 Å². The van der Waals surface area contributed by atoms with E-state index in [1.807, 2.05) is 11.8 Å². The summed E-state index contributed by atoms with van der Waals surface area (Å²) in [6.45, 7) is 2.91. The summed E-state index contributed by atoms with van der Waals surface area (Å²) in [6.07, 6.45) is -2.60. The fourth-order valence-corrected chi connectivity index (χ4v) is 2.82. The molecule has 1 aliphatic rings. The number of nitrogens with zero attached hydrogens (tertiary/aromatic N) is 3. The van der Waals surface area contributed by atoms with Crippen molar-refractivity contribution < 1.29 is 23.0 Å². The van der Waals surface area contributed by atoms with Gasteiger partial charge >= 0.3 is 6.36 Å². The molecule has 1 aromatic heterocycles. The Labute approximate surface area is 148 Å². The Kier molecular flexibility index (Phi) is 5.17. The lowest BCUT2D eigenvalue weighted by atomic mass is 9.99. The zero-order valence-electron chi connectivity index (χ0n) is 14.1. The summed E-state index contributed by atoms with van der Waals surface area (Å²) in [5.74, 6) is 1.02. The second-order valence-corrected chi connectivity index (χ2v) is 6.14. The van der Waals surface area contributed by atoms with Gasteiger partial charge in [-0.15, -0.1) is 13.2 Å². The monoisotopic (exact) mass is 368 g/mol. The quantitative estimate of drug-likeness (QED) is 0.846. The topological polar surface area (TPSA) is 70.5 Å². The van der Waals surface area contributed by atoms with Crippen LogP contribution in [0.2, 0.25) is 0 Å². The predicted molar refractivity (Wildman–Crippen MR) is 90.1 cm³/mol. The first-order valence-corrected chi connectivity index (χ1v) is 8.16. The molecule has 0 aliphatic carbocycles. The summed E-state index contributed by atoms with van der Waals surface area (Å²) in [5, 5.41) is 12.2. The Hall–Kier alpha value is -2.55. The molecule has 26 heavy (non-hydrogen) atoms. The highest BCUT2D eigenvalue weighted by Crippen LogP contribution is 2.29. The van der Waals surface area contributed by atoms with Crippen molar-refractivity contribution in [3.63, 3.8) is 0 Å². The first-order chi connectivity index (χ1) is 12.3. The Morgan fingerprint density at radius 2 is 2.08 bits per heavy atom. The molecule has 0 radical (unpaired) electrons. The van der Waals surface area contributed by atoms with Crippen LogP contribution in [0.25, 0.3) is 0 Å². The number of rotatable bonds is 5. The summed E-state index contributed by atoms with van der Waals surface area (Å²) in [4.78, 5) is 10.3. The van der Waals surface area contributed by atoms with Crippen molar-refractivity contribution in [3.8, 4) is 5.75 Å². The van der Waals surface area contributed by atoms with E-state index in [9.17, 15) is 13.2 Å². The number of aliphatic hydroxyl groups is 1. The second kappa shape index (κ2) is 7.36. The molecule has 6 nitrogen and oxygen atoms in total. The number of halogens is 3. The van der Waals surface area contributed by atoms with E-state index in [1.165, 1.54) is 18.5 Å². The van der Waals surface area contributed by atoms with Gasteiger partial charge in [-0.3, -0.25) is 0 Å². The number of fused-ring (bicyclic) bond motifs is 1. The molecule has 2 heterocycles. The average Bonchev–Trinajstić information content (AvgIpc) is 2.60. The molecule has 0 unspecified atom stereocenters. The molecule has 0 saturated carbocycles. The third kappa shape index (κ3) is 4.54. The van der Waals surface area contributed by atoms with Crippen molar-refractivity contribution in [1.29, 1.82) is 0 Å². The van der Waals surface area contributed by atoms with Crippen LogP contribution in [0.15, 0.2) is 30.6 Å². The standard InChI is InChI=1S/C17H19F3N4O2/c1-11(9-25)23-15-7-16(22-10-21-15)24-5-4-12-2-3-14(6-13(12)8-24)26-17(18,19)20/h2-3,6-7,10-11,25H,4-5,8-9H2,1H3,(H,21,22,23)/t11-/m0/s1. The molecule has 0 saturated heterocycles. The van der Waals surface area contributed by atoms with Gasteiger partial charge in [-0.1, -0.05) is 6.07 Å². The van der Waals surface area contributed by atoms with Crippen LogP contribution in [-0.2, 0) is 13.0 Å². The van der Waals surface area contributed by atoms with E-state index in [4.69, 9.17) is 5.11 Å². The average molecular weight is 368 g/mol. The smallest absolute Gasteiger partial charge is 0.406 e. The molecule has 1 aromatic carbocycles. The lowest BCUT2D eigenvalue weighted by molar-refractivity contribution is -0.274. The molecule has 2 aromatic rings. The number of hydrogen-bond acceptors (Lipinski definition) is 6. The van der Waals surface area contributed by atoms with Crippen molar-refractivity contribution >= 4 is 11.6 Å². The normalized spacial score (nSPS) is 15.3. The van der Waals surface area contributed by atoms with Crippen molar-refractivity contribution in [1.82, 2.24) is 9.97 Å². The van der Waals surface area contributed by atoms with Crippen LogP contribution < -0.4 is 15.0 Å². The van der Waals surface area contributed by atoms with E-state index in [2.05, 4.69) is 20.0 Å². The van der Waals surface area contributed by atoms with Crippen molar-refractivity contribution in [2.75, 3.05) is 23.4 Å². The number of aliphatic hydroxyl groups excluding tert-OH is 1. The largest absolute Gasteiger partial charge is 0.573 e. The van der Waals surface area contributed by atoms with Crippen molar-refractivity contribution in [2.45, 2.75) is 32.3 Å². The maximum Gasteiger partial charge on any atom is 0.573 e. The van der Waals surface area contributed by atoms with Crippen LogP contribution in [-0.4, -0.2) is 40.6 Å². The van der Waals surface area contributed by atoms with E-state index >= 15 is 0 Å². The molecule has 2 N–H and O–H groups in total. The van der Waals surface area contributed by atoms with Gasteiger partial charge < -0.3 is 20.1 Å². The van der Waals surface area contributed by atoms with Gasteiger partial charge in [0.05, 0.1) is 6.61 Å². The Bertz CT molecular complexity index is 770. The van der Waals surface area contributed by atoms with E-state index in [-0.39, 0.29) is 18.4 Å². The van der Waals surface area contributed by atoms with Gasteiger partial charge in [0, 0.05) is 25.2 Å². The summed E-state index contributed by atoms with van der Waals surface area (Å²) >= 11 is 0. The molecule has 0 fully saturated rings. The number of alkyl halides is 3. The molecular formula is C17H19F3N4O2. The van der Waals surface area contributed by atoms with Gasteiger partial charge in [0.2, 0.25) is 0 Å². The third-order valence-electron chi connectivity index (χ3n) is 4.07. The lowest BCUT2D eigenvalue weighted by Crippen LogP contribution is -2.31. The maximum absolute atomic E-state index is 12.4. The minimum Gasteiger partial charge on any atom is -0.406 e. The molecular weight excluding hydrogens is 349 g/mol. The molecule has 0 amide bonds. The van der Waals surface area contributed by atoms with Crippen LogP contribution in [0.3, 0.4) is 0 Å². The number of hydrogen-bond donors (Lipinski definition) is 2. The Morgan fingerprint density at radius 3 is 2.81 bits per heavy atom. The zero-order chi connectivity index (χ0) is 18.7. The van der Waals surface area contributed by atoms with E-state index < -0.39 is 6.36 Å². The van der Waals surface area contributed by atoms with Crippen molar-refractivity contribution in [2.24, 2.45) is 0 Å². The molecule has 1 aliphatic heterocycles. The highest BCUT2D eigenvalue weighted by atomic mass is 19.4. The Morgan fingerprint density at radius 1 is 1.27 bits per heavy atom. The summed E-state index contributed by atoms with van der Waals surface area (Å²) in [6, 6.07) is 6.03. The van der Waals surface area contributed by atoms with Crippen molar-refractivity contribution in [3.05, 3.63) is 41.7 Å². The molecule has 9 heteroatoms. The zero-order valence-corrected chi connectivity index (χ0v) is 14.1. The Balaban J connectivity index is 1.77. The number of anilines is 2. The van der Waals surface area contributed by atoms with Crippen LogP contribution in [0, 0.1) is 0 Å². The lowest BCUT2D eigenvalue weighted by Gasteiger charge is -2.30. The highest BCUT2D eigenvalue weighted by molar-refractivity contribution is 5.51. The van der Waals surface area contributed by atoms with E-state index in [0.717, 1.165) is 11.1 Å². The van der Waals surface area contributed by atoms with Gasteiger partial charge in [0.1, 0.15) is 23.7 Å². The van der Waals surface area contributed by atoms with Gasteiger partial charge in [0.25, 0.3) is 0 Å². The van der Waals surface area contributed by atoms with E-state index in [0.29, 0.717) is 31.1 Å². The van der Waals surface area contributed by atoms with Crippen LogP contribution in [0.4, 0.5) is 24.8 Å². The molecule has 0 bridgehead atoms. The second-order valence-electron chi connectivity index (χ2n) is 6.14. The molecule has 3 rings (SSSR count). The van der Waals surface area contributed by atoms with Gasteiger partial charge in [0.15, 0.2) is 0 Å². The molecule has 140 valence electrons.